The smallest absolute Gasteiger partial charge is 0.306 e. The topological polar surface area (TPSA) is 78.9 Å². The summed E-state index contributed by atoms with van der Waals surface area (Å²) in [6.07, 6.45) is 86.3. The Morgan fingerprint density at radius 3 is 0.873 bits per heavy atom. The molecule has 6 nitrogen and oxygen atoms in total. The molecular formula is C65H96O6. The van der Waals surface area contributed by atoms with Crippen molar-refractivity contribution in [3.8, 4) is 0 Å². The third-order valence-electron chi connectivity index (χ3n) is 10.4. The molecule has 0 saturated heterocycles. The fourth-order valence-corrected chi connectivity index (χ4v) is 6.45. The van der Waals surface area contributed by atoms with Gasteiger partial charge in [0.25, 0.3) is 0 Å². The maximum Gasteiger partial charge on any atom is 0.306 e. The van der Waals surface area contributed by atoms with Crippen LogP contribution in [0.25, 0.3) is 0 Å². The quantitative estimate of drug-likeness (QED) is 0.0262. The lowest BCUT2D eigenvalue weighted by atomic mass is 10.1. The zero-order valence-corrected chi connectivity index (χ0v) is 44.6. The van der Waals surface area contributed by atoms with Crippen molar-refractivity contribution in [1.82, 2.24) is 0 Å². The molecule has 0 aliphatic heterocycles. The Bertz CT molecular complexity index is 1730. The van der Waals surface area contributed by atoms with Gasteiger partial charge in [-0.05, 0) is 128 Å². The second-order valence-corrected chi connectivity index (χ2v) is 17.0. The average molecular weight is 973 g/mol. The molecule has 0 aliphatic carbocycles. The van der Waals surface area contributed by atoms with Gasteiger partial charge in [0.05, 0.1) is 0 Å². The summed E-state index contributed by atoms with van der Waals surface area (Å²) in [6.45, 7) is 6.11. The van der Waals surface area contributed by atoms with E-state index >= 15 is 0 Å². The van der Waals surface area contributed by atoms with Gasteiger partial charge in [-0.25, -0.2) is 0 Å². The van der Waals surface area contributed by atoms with E-state index in [-0.39, 0.29) is 38.0 Å². The lowest BCUT2D eigenvalue weighted by molar-refractivity contribution is -0.166. The molecule has 0 aromatic heterocycles. The second-order valence-electron chi connectivity index (χ2n) is 17.0. The number of hydrogen-bond donors (Lipinski definition) is 0. The molecule has 0 bridgehead atoms. The predicted octanol–water partition coefficient (Wildman–Crippen LogP) is 18.5. The summed E-state index contributed by atoms with van der Waals surface area (Å²) in [5.41, 5.74) is 0. The average Bonchev–Trinajstić information content (AvgIpc) is 3.37. The Morgan fingerprint density at radius 1 is 0.282 bits per heavy atom. The number of esters is 3. The molecule has 0 aliphatic rings. The summed E-state index contributed by atoms with van der Waals surface area (Å²) in [6, 6.07) is 0. The standard InChI is InChI=1S/C65H96O6/c1-4-7-10-13-16-19-22-25-26-27-28-29-30-31-32-33-34-35-36-37-38-41-43-46-49-52-55-58-64(67)70-61-62(71-65(68)59-56-53-50-47-44-40-24-21-18-15-12-9-6-3)60-69-63(66)57-54-51-48-45-42-39-23-20-17-14-11-8-5-2/h7-12,16-21,25-26,28-29,31-32,34-35,37-40,42,44,48,50-51,53,62H,4-6,13-15,22-24,27,30,33,36,41,43,45-47,49,52,54-61H2,1-3H3/b10-7-,11-8-,12-9-,19-16-,20-17-,21-18-,26-25-,29-28-,32-31-,35-34-,38-37-,42-39-,44-40-,51-48-,53-50-. The highest BCUT2D eigenvalue weighted by Crippen LogP contribution is 2.10. The van der Waals surface area contributed by atoms with Crippen LogP contribution < -0.4 is 0 Å². The van der Waals surface area contributed by atoms with Crippen molar-refractivity contribution in [2.45, 2.75) is 194 Å². The van der Waals surface area contributed by atoms with Gasteiger partial charge in [0.2, 0.25) is 0 Å². The summed E-state index contributed by atoms with van der Waals surface area (Å²) < 4.78 is 16.6. The highest BCUT2D eigenvalue weighted by atomic mass is 16.6. The maximum absolute atomic E-state index is 12.8. The molecule has 0 spiro atoms. The van der Waals surface area contributed by atoms with E-state index in [1.54, 1.807) is 0 Å². The fourth-order valence-electron chi connectivity index (χ4n) is 6.45. The predicted molar refractivity (Wildman–Crippen MR) is 306 cm³/mol. The molecule has 0 heterocycles. The van der Waals surface area contributed by atoms with E-state index < -0.39 is 12.1 Å². The summed E-state index contributed by atoms with van der Waals surface area (Å²) >= 11 is 0. The summed E-state index contributed by atoms with van der Waals surface area (Å²) in [4.78, 5) is 37.9. The van der Waals surface area contributed by atoms with Crippen molar-refractivity contribution in [2.75, 3.05) is 13.2 Å². The number of carbonyl (C=O) groups excluding carboxylic acids is 3. The molecule has 0 saturated carbocycles. The van der Waals surface area contributed by atoms with Crippen LogP contribution in [-0.4, -0.2) is 37.2 Å². The molecule has 392 valence electrons. The number of carbonyl (C=O) groups is 3. The maximum atomic E-state index is 12.8. The van der Waals surface area contributed by atoms with Crippen LogP contribution in [0.5, 0.6) is 0 Å². The van der Waals surface area contributed by atoms with E-state index in [9.17, 15) is 14.4 Å². The van der Waals surface area contributed by atoms with E-state index in [1.165, 1.54) is 0 Å². The van der Waals surface area contributed by atoms with Crippen LogP contribution in [0.1, 0.15) is 188 Å². The summed E-state index contributed by atoms with van der Waals surface area (Å²) in [5.74, 6) is -1.15. The largest absolute Gasteiger partial charge is 0.462 e. The van der Waals surface area contributed by atoms with E-state index in [2.05, 4.69) is 179 Å². The van der Waals surface area contributed by atoms with Gasteiger partial charge in [0.1, 0.15) is 13.2 Å². The Balaban J connectivity index is 4.50. The first kappa shape index (κ1) is 65.5. The van der Waals surface area contributed by atoms with Crippen molar-refractivity contribution in [1.29, 1.82) is 0 Å². The zero-order valence-electron chi connectivity index (χ0n) is 44.6. The Hall–Kier alpha value is -5.49. The highest BCUT2D eigenvalue weighted by Gasteiger charge is 2.19. The molecule has 0 fully saturated rings. The van der Waals surface area contributed by atoms with Crippen molar-refractivity contribution in [2.24, 2.45) is 0 Å². The number of hydrogen-bond acceptors (Lipinski definition) is 6. The van der Waals surface area contributed by atoms with Gasteiger partial charge in [-0.2, -0.15) is 0 Å². The second kappa shape index (κ2) is 57.1. The normalized spacial score (nSPS) is 13.6. The van der Waals surface area contributed by atoms with E-state index in [0.29, 0.717) is 19.3 Å². The van der Waals surface area contributed by atoms with Crippen molar-refractivity contribution < 1.29 is 28.6 Å². The van der Waals surface area contributed by atoms with Gasteiger partial charge in [0.15, 0.2) is 6.10 Å². The van der Waals surface area contributed by atoms with Crippen molar-refractivity contribution in [3.05, 3.63) is 182 Å². The number of unbranched alkanes of at least 4 members (excludes halogenated alkanes) is 5. The van der Waals surface area contributed by atoms with E-state index in [0.717, 1.165) is 135 Å². The first-order valence-corrected chi connectivity index (χ1v) is 27.3. The van der Waals surface area contributed by atoms with Crippen LogP contribution in [-0.2, 0) is 28.6 Å². The van der Waals surface area contributed by atoms with Gasteiger partial charge in [-0.15, -0.1) is 0 Å². The molecule has 1 atom stereocenters. The van der Waals surface area contributed by atoms with Gasteiger partial charge in [-0.3, -0.25) is 14.4 Å². The van der Waals surface area contributed by atoms with E-state index in [1.807, 2.05) is 24.3 Å². The lowest BCUT2D eigenvalue weighted by Crippen LogP contribution is -2.30. The van der Waals surface area contributed by atoms with Crippen LogP contribution in [0, 0.1) is 0 Å². The first-order chi connectivity index (χ1) is 35.0. The minimum atomic E-state index is -0.863. The fraction of sp³-hybridized carbons (Fsp3) is 0.492. The van der Waals surface area contributed by atoms with Crippen LogP contribution in [0.4, 0.5) is 0 Å². The monoisotopic (exact) mass is 973 g/mol. The third kappa shape index (κ3) is 55.3. The highest BCUT2D eigenvalue weighted by molar-refractivity contribution is 5.71. The number of ether oxygens (including phenoxy) is 3. The molecule has 71 heavy (non-hydrogen) atoms. The van der Waals surface area contributed by atoms with Gasteiger partial charge in [0, 0.05) is 19.3 Å². The SMILES string of the molecule is CC/C=C\C/C=C\C/C=C\C/C=C\C/C=C\C/C=C\C/C=C\CCCCCCCC(=O)OCC(COC(=O)CC/C=C\C/C=C\C/C=C\C/C=C\CC)OC(=O)CC/C=C\C/C=C\C/C=C\C/C=C\CC. The molecule has 0 rings (SSSR count). The molecule has 0 aromatic carbocycles. The van der Waals surface area contributed by atoms with E-state index in [4.69, 9.17) is 14.2 Å². The van der Waals surface area contributed by atoms with Crippen LogP contribution in [0.15, 0.2) is 182 Å². The molecular weight excluding hydrogens is 877 g/mol. The number of allylic oxidation sites excluding steroid dienone is 30. The van der Waals surface area contributed by atoms with Crippen LogP contribution in [0.2, 0.25) is 0 Å². The molecule has 1 unspecified atom stereocenters. The van der Waals surface area contributed by atoms with Crippen molar-refractivity contribution >= 4 is 17.9 Å². The minimum Gasteiger partial charge on any atom is -0.462 e. The zero-order chi connectivity index (χ0) is 51.4. The molecule has 6 heteroatoms. The third-order valence-corrected chi connectivity index (χ3v) is 10.4. The summed E-state index contributed by atoms with van der Waals surface area (Å²) in [5, 5.41) is 0. The lowest BCUT2D eigenvalue weighted by Gasteiger charge is -2.18. The first-order valence-electron chi connectivity index (χ1n) is 27.3. The Labute approximate surface area is 434 Å². The van der Waals surface area contributed by atoms with Crippen molar-refractivity contribution in [3.63, 3.8) is 0 Å². The minimum absolute atomic E-state index is 0.149. The van der Waals surface area contributed by atoms with Crippen LogP contribution in [0.3, 0.4) is 0 Å². The van der Waals surface area contributed by atoms with Gasteiger partial charge >= 0.3 is 17.9 Å². The Morgan fingerprint density at radius 2 is 0.535 bits per heavy atom. The molecule has 0 radical (unpaired) electrons. The van der Waals surface area contributed by atoms with Gasteiger partial charge < -0.3 is 14.2 Å². The van der Waals surface area contributed by atoms with Crippen LogP contribution >= 0.6 is 0 Å². The summed E-state index contributed by atoms with van der Waals surface area (Å²) in [7, 11) is 0. The Kier molecular flexibility index (Phi) is 52.7. The molecule has 0 aromatic rings. The molecule has 0 N–H and O–H groups in total. The van der Waals surface area contributed by atoms with Gasteiger partial charge in [-0.1, -0.05) is 222 Å². The molecule has 0 amide bonds. The number of rotatable bonds is 46.